The predicted molar refractivity (Wildman–Crippen MR) is 157 cm³/mol. The number of ether oxygens (including phenoxy) is 2. The number of nitrogens with one attached hydrogen (secondary N) is 3. The van der Waals surface area contributed by atoms with Crippen LogP contribution in [0.25, 0.3) is 11.3 Å². The highest BCUT2D eigenvalue weighted by Crippen LogP contribution is 2.36. The zero-order valence-corrected chi connectivity index (χ0v) is 23.9. The molecule has 4 aromatic rings. The van der Waals surface area contributed by atoms with Crippen molar-refractivity contribution in [1.82, 2.24) is 20.3 Å². The summed E-state index contributed by atoms with van der Waals surface area (Å²) in [4.78, 5) is 26.3. The van der Waals surface area contributed by atoms with E-state index in [0.717, 1.165) is 31.5 Å². The van der Waals surface area contributed by atoms with Gasteiger partial charge in [0.25, 0.3) is 5.91 Å². The second kappa shape index (κ2) is 12.3. The van der Waals surface area contributed by atoms with Crippen LogP contribution in [0.2, 0.25) is 0 Å². The monoisotopic (exact) mass is 592 g/mol. The minimum atomic E-state index is -4.63. The lowest BCUT2D eigenvalue weighted by molar-refractivity contribution is -0.137. The van der Waals surface area contributed by atoms with Gasteiger partial charge in [0, 0.05) is 47.9 Å². The minimum absolute atomic E-state index is 0.0164. The summed E-state index contributed by atoms with van der Waals surface area (Å²) in [5, 5.41) is 8.81. The third-order valence-corrected chi connectivity index (χ3v) is 7.17. The quantitative estimate of drug-likeness (QED) is 0.203. The molecule has 1 aliphatic rings. The Bertz CT molecular complexity index is 1620. The largest absolute Gasteiger partial charge is 0.492 e. The predicted octanol–water partition coefficient (Wildman–Crippen LogP) is 6.47. The van der Waals surface area contributed by atoms with Crippen LogP contribution in [0.1, 0.15) is 41.3 Å². The Morgan fingerprint density at radius 2 is 1.93 bits per heavy atom. The van der Waals surface area contributed by atoms with Crippen LogP contribution >= 0.6 is 0 Å². The van der Waals surface area contributed by atoms with Crippen LogP contribution in [0.15, 0.2) is 67.0 Å². The van der Waals surface area contributed by atoms with Crippen molar-refractivity contribution in [3.05, 3.63) is 83.7 Å². The number of halogens is 3. The van der Waals surface area contributed by atoms with E-state index in [9.17, 15) is 18.0 Å². The highest BCUT2D eigenvalue weighted by atomic mass is 19.4. The molecule has 224 valence electrons. The topological polar surface area (TPSA) is 110 Å². The molecule has 1 amide bonds. The van der Waals surface area contributed by atoms with E-state index in [-0.39, 0.29) is 35.0 Å². The third kappa shape index (κ3) is 7.03. The Morgan fingerprint density at radius 3 is 2.67 bits per heavy atom. The number of benzene rings is 2. The van der Waals surface area contributed by atoms with E-state index in [2.05, 4.69) is 30.9 Å². The molecule has 1 atom stereocenters. The molecule has 0 spiro atoms. The summed E-state index contributed by atoms with van der Waals surface area (Å²) >= 11 is 0. The van der Waals surface area contributed by atoms with Crippen LogP contribution in [0.3, 0.4) is 0 Å². The van der Waals surface area contributed by atoms with E-state index < -0.39 is 17.6 Å². The van der Waals surface area contributed by atoms with Gasteiger partial charge in [-0.05, 0) is 75.7 Å². The number of aromatic nitrogens is 3. The second-order valence-electron chi connectivity index (χ2n) is 10.5. The molecule has 0 radical (unpaired) electrons. The van der Waals surface area contributed by atoms with Crippen molar-refractivity contribution in [2.24, 2.45) is 0 Å². The van der Waals surface area contributed by atoms with Crippen molar-refractivity contribution in [2.75, 3.05) is 30.8 Å². The van der Waals surface area contributed by atoms with E-state index in [1.54, 1.807) is 62.8 Å². The molecule has 0 aliphatic carbocycles. The number of amides is 1. The van der Waals surface area contributed by atoms with E-state index in [0.29, 0.717) is 28.5 Å². The maximum Gasteiger partial charge on any atom is 0.416 e. The summed E-state index contributed by atoms with van der Waals surface area (Å²) in [5.41, 5.74) is 0.582. The molecular formula is C31H31F3N6O3. The third-order valence-electron chi connectivity index (χ3n) is 7.17. The van der Waals surface area contributed by atoms with E-state index >= 15 is 0 Å². The molecule has 1 aliphatic heterocycles. The van der Waals surface area contributed by atoms with E-state index in [4.69, 9.17) is 9.47 Å². The van der Waals surface area contributed by atoms with Crippen molar-refractivity contribution in [3.63, 3.8) is 0 Å². The van der Waals surface area contributed by atoms with Crippen LogP contribution in [0.4, 0.5) is 24.8 Å². The fraction of sp³-hybridized carbons (Fsp3) is 0.290. The van der Waals surface area contributed by atoms with Gasteiger partial charge in [-0.2, -0.15) is 13.2 Å². The van der Waals surface area contributed by atoms with E-state index in [1.807, 2.05) is 6.92 Å². The molecule has 0 bridgehead atoms. The Kier molecular flexibility index (Phi) is 8.49. The van der Waals surface area contributed by atoms with Crippen LogP contribution in [-0.2, 0) is 6.18 Å². The van der Waals surface area contributed by atoms with Gasteiger partial charge in [0.05, 0.1) is 16.8 Å². The van der Waals surface area contributed by atoms with Gasteiger partial charge in [-0.1, -0.05) is 6.07 Å². The van der Waals surface area contributed by atoms with Crippen molar-refractivity contribution in [2.45, 2.75) is 38.4 Å². The molecule has 5 rings (SSSR count). The van der Waals surface area contributed by atoms with Gasteiger partial charge in [-0.15, -0.1) is 0 Å². The maximum atomic E-state index is 13.7. The molecule has 1 fully saturated rings. The first-order valence-corrected chi connectivity index (χ1v) is 13.7. The fourth-order valence-electron chi connectivity index (χ4n) is 4.81. The summed E-state index contributed by atoms with van der Waals surface area (Å²) in [5.74, 6) is 0.445. The lowest BCUT2D eigenvalue weighted by Gasteiger charge is -2.25. The Labute approximate surface area is 246 Å². The molecule has 43 heavy (non-hydrogen) atoms. The Balaban J connectivity index is 1.39. The van der Waals surface area contributed by atoms with E-state index in [1.165, 1.54) is 6.07 Å². The molecule has 9 nitrogen and oxygen atoms in total. The molecule has 3 heterocycles. The number of hydrogen-bond acceptors (Lipinski definition) is 8. The first-order chi connectivity index (χ1) is 20.5. The average molecular weight is 593 g/mol. The number of anilines is 2. The number of carbonyl (C=O) groups is 1. The number of nitrogens with zero attached hydrogens (tertiary/aromatic N) is 3. The van der Waals surface area contributed by atoms with Crippen molar-refractivity contribution >= 4 is 17.5 Å². The van der Waals surface area contributed by atoms with Gasteiger partial charge in [0.15, 0.2) is 0 Å². The summed E-state index contributed by atoms with van der Waals surface area (Å²) in [6, 6.07) is 13.4. The van der Waals surface area contributed by atoms with Crippen molar-refractivity contribution < 1.29 is 27.4 Å². The summed E-state index contributed by atoms with van der Waals surface area (Å²) in [6.07, 6.45) is 0.365. The van der Waals surface area contributed by atoms with Crippen LogP contribution < -0.4 is 25.4 Å². The van der Waals surface area contributed by atoms with Crippen LogP contribution in [0.5, 0.6) is 17.4 Å². The molecule has 2 aromatic heterocycles. The average Bonchev–Trinajstić information content (AvgIpc) is 3.43. The standard InChI is InChI=1S/C31H31F3N6O3/c1-19-23(7-4-9-26(19)43-28-24(8-5-12-36-28)25-10-14-37-29(35-3)40-25)27(41)39-21-15-20(31(32,33)34)16-22(17-21)42-18-30(2)11-6-13-38-30/h4-5,7-10,12,14-17,38H,6,11,13,18H2,1-3H3,(H,39,41)(H,35,37,40)/t30-/m0/s1. The number of rotatable bonds is 9. The molecular weight excluding hydrogens is 561 g/mol. The second-order valence-corrected chi connectivity index (χ2v) is 10.5. The van der Waals surface area contributed by atoms with Gasteiger partial charge in [-0.25, -0.2) is 15.0 Å². The smallest absolute Gasteiger partial charge is 0.416 e. The summed E-state index contributed by atoms with van der Waals surface area (Å²) in [6.45, 7) is 4.67. The number of pyridine rings is 1. The van der Waals surface area contributed by atoms with Crippen LogP contribution in [-0.4, -0.2) is 46.6 Å². The Morgan fingerprint density at radius 1 is 1.09 bits per heavy atom. The van der Waals surface area contributed by atoms with Gasteiger partial charge < -0.3 is 25.4 Å². The first kappa shape index (κ1) is 29.8. The minimum Gasteiger partial charge on any atom is -0.492 e. The lowest BCUT2D eigenvalue weighted by Crippen LogP contribution is -2.42. The summed E-state index contributed by atoms with van der Waals surface area (Å²) in [7, 11) is 1.71. The Hall–Kier alpha value is -4.71. The maximum absolute atomic E-state index is 13.7. The molecule has 1 saturated heterocycles. The van der Waals surface area contributed by atoms with Gasteiger partial charge in [0.2, 0.25) is 11.8 Å². The number of alkyl halides is 3. The van der Waals surface area contributed by atoms with Crippen molar-refractivity contribution in [1.29, 1.82) is 0 Å². The highest BCUT2D eigenvalue weighted by Gasteiger charge is 2.33. The molecule has 0 unspecified atom stereocenters. The van der Waals surface area contributed by atoms with Gasteiger partial charge in [-0.3, -0.25) is 4.79 Å². The zero-order chi connectivity index (χ0) is 30.6. The number of carbonyl (C=O) groups excluding carboxylic acids is 1. The van der Waals surface area contributed by atoms with Gasteiger partial charge >= 0.3 is 6.18 Å². The highest BCUT2D eigenvalue weighted by molar-refractivity contribution is 6.05. The van der Waals surface area contributed by atoms with Crippen molar-refractivity contribution in [3.8, 4) is 28.6 Å². The SMILES string of the molecule is CNc1nccc(-c2cccnc2Oc2cccc(C(=O)Nc3cc(OC[C@]4(C)CCCN4)cc(C(F)(F)F)c3)c2C)n1. The van der Waals surface area contributed by atoms with Gasteiger partial charge in [0.1, 0.15) is 18.1 Å². The van der Waals surface area contributed by atoms with Crippen LogP contribution in [0, 0.1) is 6.92 Å². The fourth-order valence-corrected chi connectivity index (χ4v) is 4.81. The molecule has 12 heteroatoms. The lowest BCUT2D eigenvalue weighted by atomic mass is 10.0. The normalized spacial score (nSPS) is 16.5. The molecule has 0 saturated carbocycles. The molecule has 2 aromatic carbocycles. The summed E-state index contributed by atoms with van der Waals surface area (Å²) < 4.78 is 53.1. The molecule has 3 N–H and O–H groups in total. The first-order valence-electron chi connectivity index (χ1n) is 13.7. The zero-order valence-electron chi connectivity index (χ0n) is 23.9. The number of hydrogen-bond donors (Lipinski definition) is 3.